The minimum Gasteiger partial charge on any atom is -0.387 e. The lowest BCUT2D eigenvalue weighted by Crippen LogP contribution is -2.64. The number of aliphatic hydroxyl groups is 2. The number of piperidine rings is 2. The minimum absolute atomic E-state index is 0.0406. The standard InChI is InChI=1S/C28H44F3N5O6/c1-26(2,3)21(33-25(42)28(29,30)31)24(41)36-13-15-18(27(15,4)5)19(36)22(39)32-16(14-35-10-7-6-9-17(35)37)20(38)23(40)34-11-8-12-34/h15-16,18-21,23,38,40H,6-14H2,1-5H3,(H,32,39)(H,33,42)/t15-,16-,18-,19-,20?,21?,23?/m0/s1. The number of rotatable bonds is 9. The molecule has 4 rings (SSSR count). The number of likely N-dealkylation sites (tertiary alicyclic amines) is 3. The molecule has 0 bridgehead atoms. The van der Waals surface area contributed by atoms with Gasteiger partial charge in [-0.15, -0.1) is 0 Å². The maximum atomic E-state index is 14.0. The second-order valence-corrected chi connectivity index (χ2v) is 13.9. The Balaban J connectivity index is 1.58. The van der Waals surface area contributed by atoms with Gasteiger partial charge >= 0.3 is 12.1 Å². The van der Waals surface area contributed by atoms with Crippen molar-refractivity contribution in [3.63, 3.8) is 0 Å². The van der Waals surface area contributed by atoms with Gasteiger partial charge in [-0.25, -0.2) is 0 Å². The third-order valence-electron chi connectivity index (χ3n) is 9.55. The smallest absolute Gasteiger partial charge is 0.387 e. The van der Waals surface area contributed by atoms with Crippen molar-refractivity contribution in [2.24, 2.45) is 22.7 Å². The predicted molar refractivity (Wildman–Crippen MR) is 144 cm³/mol. The highest BCUT2D eigenvalue weighted by molar-refractivity contribution is 5.95. The van der Waals surface area contributed by atoms with Crippen LogP contribution in [0.5, 0.6) is 0 Å². The number of nitrogens with one attached hydrogen (secondary N) is 2. The lowest BCUT2D eigenvalue weighted by molar-refractivity contribution is -0.176. The predicted octanol–water partition coefficient (Wildman–Crippen LogP) is 0.445. The molecule has 14 heteroatoms. The van der Waals surface area contributed by atoms with Gasteiger partial charge in [0.15, 0.2) is 0 Å². The van der Waals surface area contributed by atoms with Gasteiger partial charge in [0.2, 0.25) is 17.7 Å². The summed E-state index contributed by atoms with van der Waals surface area (Å²) in [6.45, 7) is 10.1. The minimum atomic E-state index is -5.19. The van der Waals surface area contributed by atoms with Crippen LogP contribution >= 0.6 is 0 Å². The van der Waals surface area contributed by atoms with Crippen molar-refractivity contribution in [3.8, 4) is 0 Å². The van der Waals surface area contributed by atoms with E-state index in [4.69, 9.17) is 0 Å². The van der Waals surface area contributed by atoms with Crippen molar-refractivity contribution in [3.05, 3.63) is 0 Å². The Hall–Kier alpha value is -2.45. The van der Waals surface area contributed by atoms with Gasteiger partial charge in [0.05, 0.1) is 6.04 Å². The summed E-state index contributed by atoms with van der Waals surface area (Å²) < 4.78 is 39.4. The molecule has 0 aromatic rings. The fourth-order valence-corrected chi connectivity index (χ4v) is 6.67. The number of hydrogen-bond donors (Lipinski definition) is 4. The second kappa shape index (κ2) is 11.6. The molecule has 4 fully saturated rings. The number of aliphatic hydroxyl groups excluding tert-OH is 2. The molecule has 11 nitrogen and oxygen atoms in total. The van der Waals surface area contributed by atoms with E-state index < -0.39 is 59.8 Å². The van der Waals surface area contributed by atoms with Crippen LogP contribution in [0.25, 0.3) is 0 Å². The highest BCUT2D eigenvalue weighted by atomic mass is 19.4. The molecular formula is C28H44F3N5O6. The summed E-state index contributed by atoms with van der Waals surface area (Å²) in [6, 6.07) is -3.68. The molecule has 7 atom stereocenters. The van der Waals surface area contributed by atoms with Gasteiger partial charge in [-0.05, 0) is 41.9 Å². The van der Waals surface area contributed by atoms with Gasteiger partial charge in [0.25, 0.3) is 0 Å². The second-order valence-electron chi connectivity index (χ2n) is 13.9. The Kier molecular flexibility index (Phi) is 8.94. The van der Waals surface area contributed by atoms with Crippen LogP contribution in [0, 0.1) is 22.7 Å². The zero-order chi connectivity index (χ0) is 31.4. The van der Waals surface area contributed by atoms with Gasteiger partial charge in [0, 0.05) is 39.1 Å². The zero-order valence-electron chi connectivity index (χ0n) is 24.9. The largest absolute Gasteiger partial charge is 0.471 e. The summed E-state index contributed by atoms with van der Waals surface area (Å²) in [6.07, 6.45) is -5.22. The van der Waals surface area contributed by atoms with Gasteiger partial charge in [0.1, 0.15) is 24.4 Å². The van der Waals surface area contributed by atoms with Gasteiger partial charge in [-0.2, -0.15) is 13.2 Å². The molecule has 1 aliphatic carbocycles. The van der Waals surface area contributed by atoms with Gasteiger partial charge in [-0.3, -0.25) is 24.1 Å². The zero-order valence-corrected chi connectivity index (χ0v) is 24.9. The average Bonchev–Trinajstić information content (AvgIpc) is 3.18. The van der Waals surface area contributed by atoms with E-state index in [9.17, 15) is 42.6 Å². The van der Waals surface area contributed by atoms with Crippen LogP contribution in [-0.2, 0) is 19.2 Å². The van der Waals surface area contributed by atoms with Crippen molar-refractivity contribution in [1.29, 1.82) is 0 Å². The number of alkyl halides is 3. The summed E-state index contributed by atoms with van der Waals surface area (Å²) in [5, 5.41) is 26.6. The molecule has 1 saturated carbocycles. The third kappa shape index (κ3) is 6.40. The van der Waals surface area contributed by atoms with E-state index in [0.717, 1.165) is 19.3 Å². The molecule has 0 aromatic heterocycles. The lowest BCUT2D eigenvalue weighted by atomic mass is 9.85. The van der Waals surface area contributed by atoms with E-state index in [-0.39, 0.29) is 36.2 Å². The van der Waals surface area contributed by atoms with Crippen LogP contribution in [0.3, 0.4) is 0 Å². The van der Waals surface area contributed by atoms with E-state index >= 15 is 0 Å². The number of carbonyl (C=O) groups excluding carboxylic acids is 4. The normalized spacial score (nSPS) is 28.7. The summed E-state index contributed by atoms with van der Waals surface area (Å²) in [4.78, 5) is 56.6. The van der Waals surface area contributed by atoms with Crippen molar-refractivity contribution >= 4 is 23.6 Å². The first-order chi connectivity index (χ1) is 19.4. The van der Waals surface area contributed by atoms with E-state index in [2.05, 4.69) is 5.32 Å². The number of nitrogens with zero attached hydrogens (tertiary/aromatic N) is 3. The Bertz CT molecular complexity index is 1080. The monoisotopic (exact) mass is 603 g/mol. The van der Waals surface area contributed by atoms with Crippen molar-refractivity contribution in [2.75, 3.05) is 32.7 Å². The van der Waals surface area contributed by atoms with Gasteiger partial charge in [-0.1, -0.05) is 34.6 Å². The number of halogens is 3. The highest BCUT2D eigenvalue weighted by Gasteiger charge is 2.70. The van der Waals surface area contributed by atoms with Gasteiger partial charge < -0.3 is 30.6 Å². The van der Waals surface area contributed by atoms with Crippen LogP contribution in [-0.4, -0.2) is 118 Å². The SMILES string of the molecule is CC(C)(C)C(NC(=O)C(F)(F)F)C(=O)N1C[C@H]2[C@@H]([C@H]1C(=O)N[C@@H](CN1CCCCC1=O)C(O)C(O)N1CCC1)C2(C)C. The van der Waals surface area contributed by atoms with Crippen molar-refractivity contribution < 1.29 is 42.6 Å². The first-order valence-corrected chi connectivity index (χ1v) is 14.7. The molecule has 4 N–H and O–H groups in total. The number of carbonyl (C=O) groups is 4. The molecule has 3 aliphatic heterocycles. The highest BCUT2D eigenvalue weighted by Crippen LogP contribution is 2.65. The van der Waals surface area contributed by atoms with Crippen molar-refractivity contribution in [2.45, 2.75) is 96.9 Å². The van der Waals surface area contributed by atoms with Crippen LogP contribution in [0.2, 0.25) is 0 Å². The Labute approximate surface area is 244 Å². The molecular weight excluding hydrogens is 559 g/mol. The number of hydrogen-bond acceptors (Lipinski definition) is 7. The van der Waals surface area contributed by atoms with E-state index in [1.54, 1.807) is 9.80 Å². The molecule has 4 amide bonds. The van der Waals surface area contributed by atoms with Crippen LogP contribution in [0.4, 0.5) is 13.2 Å². The molecule has 3 heterocycles. The fourth-order valence-electron chi connectivity index (χ4n) is 6.67. The maximum Gasteiger partial charge on any atom is 0.471 e. The molecule has 0 radical (unpaired) electrons. The molecule has 4 aliphatic rings. The molecule has 42 heavy (non-hydrogen) atoms. The number of amides is 4. The molecule has 0 aromatic carbocycles. The van der Waals surface area contributed by atoms with Crippen molar-refractivity contribution in [1.82, 2.24) is 25.3 Å². The Morgan fingerprint density at radius 2 is 1.67 bits per heavy atom. The van der Waals surface area contributed by atoms with Crippen LogP contribution in [0.1, 0.15) is 60.3 Å². The maximum absolute atomic E-state index is 14.0. The first kappa shape index (κ1) is 32.5. The van der Waals surface area contributed by atoms with E-state index in [1.807, 2.05) is 19.2 Å². The van der Waals surface area contributed by atoms with Crippen LogP contribution in [0.15, 0.2) is 0 Å². The topological polar surface area (TPSA) is 143 Å². The summed E-state index contributed by atoms with van der Waals surface area (Å²) >= 11 is 0. The third-order valence-corrected chi connectivity index (χ3v) is 9.55. The number of fused-ring (bicyclic) bond motifs is 1. The molecule has 3 saturated heterocycles. The first-order valence-electron chi connectivity index (χ1n) is 14.7. The quantitative estimate of drug-likeness (QED) is 0.300. The fraction of sp³-hybridized carbons (Fsp3) is 0.857. The Morgan fingerprint density at radius 1 is 1.02 bits per heavy atom. The van der Waals surface area contributed by atoms with E-state index in [1.165, 1.54) is 25.7 Å². The van der Waals surface area contributed by atoms with Crippen LogP contribution < -0.4 is 10.6 Å². The summed E-state index contributed by atoms with van der Waals surface area (Å²) in [5.41, 5.74) is -1.42. The Morgan fingerprint density at radius 3 is 2.19 bits per heavy atom. The molecule has 0 spiro atoms. The molecule has 238 valence electrons. The summed E-state index contributed by atoms with van der Waals surface area (Å²) in [7, 11) is 0. The molecule has 3 unspecified atom stereocenters. The lowest BCUT2D eigenvalue weighted by Gasteiger charge is -2.42. The summed E-state index contributed by atoms with van der Waals surface area (Å²) in [5.74, 6) is -4.17. The average molecular weight is 604 g/mol. The van der Waals surface area contributed by atoms with E-state index in [0.29, 0.717) is 26.1 Å².